The molecule has 3 rings (SSSR count). The lowest BCUT2D eigenvalue weighted by atomic mass is 10.1. The van der Waals surface area contributed by atoms with Crippen molar-refractivity contribution in [3.05, 3.63) is 35.4 Å². The van der Waals surface area contributed by atoms with Gasteiger partial charge in [-0.3, -0.25) is 14.4 Å². The SMILES string of the molecule is CC(C)C(=O)N1CCCC1C(=O)N1CCN(C(=O)c2cccc(C(F)(F)F)c2)CC1. The lowest BCUT2D eigenvalue weighted by Crippen LogP contribution is -2.55. The van der Waals surface area contributed by atoms with Gasteiger partial charge in [0, 0.05) is 44.2 Å². The van der Waals surface area contributed by atoms with E-state index in [0.29, 0.717) is 26.1 Å². The molecule has 0 radical (unpaired) electrons. The maximum absolute atomic E-state index is 12.9. The molecule has 2 heterocycles. The molecule has 0 aromatic heterocycles. The van der Waals surface area contributed by atoms with Crippen LogP contribution in [-0.2, 0) is 15.8 Å². The van der Waals surface area contributed by atoms with Crippen molar-refractivity contribution in [2.24, 2.45) is 5.92 Å². The number of carbonyl (C=O) groups excluding carboxylic acids is 3. The van der Waals surface area contributed by atoms with Crippen molar-refractivity contribution in [2.75, 3.05) is 32.7 Å². The number of alkyl halides is 3. The molecule has 2 fully saturated rings. The number of halogens is 3. The Morgan fingerprint density at radius 1 is 1.00 bits per heavy atom. The summed E-state index contributed by atoms with van der Waals surface area (Å²) in [5.41, 5.74) is -0.882. The van der Waals surface area contributed by atoms with Gasteiger partial charge in [-0.25, -0.2) is 0 Å². The maximum atomic E-state index is 12.9. The predicted octanol–water partition coefficient (Wildman–Crippen LogP) is 2.64. The molecule has 1 unspecified atom stereocenters. The number of hydrogen-bond acceptors (Lipinski definition) is 3. The van der Waals surface area contributed by atoms with Gasteiger partial charge in [0.05, 0.1) is 5.56 Å². The zero-order valence-corrected chi connectivity index (χ0v) is 17.1. The molecule has 30 heavy (non-hydrogen) atoms. The molecule has 1 atom stereocenters. The lowest BCUT2D eigenvalue weighted by molar-refractivity contribution is -0.146. The van der Waals surface area contributed by atoms with Crippen molar-refractivity contribution >= 4 is 17.7 Å². The summed E-state index contributed by atoms with van der Waals surface area (Å²) in [6.07, 6.45) is -3.11. The second kappa shape index (κ2) is 8.65. The van der Waals surface area contributed by atoms with Gasteiger partial charge in [0.1, 0.15) is 6.04 Å². The Labute approximate surface area is 173 Å². The van der Waals surface area contributed by atoms with Gasteiger partial charge in [0.25, 0.3) is 5.91 Å². The number of carbonyl (C=O) groups is 3. The average Bonchev–Trinajstić information content (AvgIpc) is 3.21. The van der Waals surface area contributed by atoms with E-state index in [-0.39, 0.29) is 36.4 Å². The van der Waals surface area contributed by atoms with Gasteiger partial charge >= 0.3 is 6.18 Å². The summed E-state index contributed by atoms with van der Waals surface area (Å²) in [5, 5.41) is 0. The third-order valence-corrected chi connectivity index (χ3v) is 5.63. The van der Waals surface area contributed by atoms with E-state index >= 15 is 0 Å². The molecule has 164 valence electrons. The molecule has 2 aliphatic heterocycles. The summed E-state index contributed by atoms with van der Waals surface area (Å²) < 4.78 is 38.7. The third kappa shape index (κ3) is 4.60. The first kappa shape index (κ1) is 22.1. The quantitative estimate of drug-likeness (QED) is 0.748. The number of nitrogens with zero attached hydrogens (tertiary/aromatic N) is 3. The van der Waals surface area contributed by atoms with Crippen molar-refractivity contribution in [1.82, 2.24) is 14.7 Å². The van der Waals surface area contributed by atoms with Crippen LogP contribution in [0.5, 0.6) is 0 Å². The summed E-state index contributed by atoms with van der Waals surface area (Å²) in [4.78, 5) is 42.7. The summed E-state index contributed by atoms with van der Waals surface area (Å²) in [7, 11) is 0. The molecule has 2 saturated heterocycles. The minimum Gasteiger partial charge on any atom is -0.337 e. The highest BCUT2D eigenvalue weighted by Crippen LogP contribution is 2.30. The van der Waals surface area contributed by atoms with Gasteiger partial charge in [-0.15, -0.1) is 0 Å². The lowest BCUT2D eigenvalue weighted by Gasteiger charge is -2.37. The van der Waals surface area contributed by atoms with Crippen LogP contribution >= 0.6 is 0 Å². The minimum absolute atomic E-state index is 0.0194. The van der Waals surface area contributed by atoms with Crippen molar-refractivity contribution in [3.63, 3.8) is 0 Å². The molecule has 6 nitrogen and oxygen atoms in total. The van der Waals surface area contributed by atoms with Crippen LogP contribution in [0, 0.1) is 5.92 Å². The van der Waals surface area contributed by atoms with Crippen LogP contribution in [0.3, 0.4) is 0 Å². The molecule has 0 aliphatic carbocycles. The van der Waals surface area contributed by atoms with Crippen molar-refractivity contribution < 1.29 is 27.6 Å². The van der Waals surface area contributed by atoms with Crippen molar-refractivity contribution in [1.29, 1.82) is 0 Å². The Morgan fingerprint density at radius 3 is 2.23 bits per heavy atom. The topological polar surface area (TPSA) is 60.9 Å². The van der Waals surface area contributed by atoms with Gasteiger partial charge < -0.3 is 14.7 Å². The van der Waals surface area contributed by atoms with Crippen LogP contribution < -0.4 is 0 Å². The summed E-state index contributed by atoms with van der Waals surface area (Å²) in [5.74, 6) is -0.817. The number of benzene rings is 1. The smallest absolute Gasteiger partial charge is 0.337 e. The van der Waals surface area contributed by atoms with E-state index in [1.807, 2.05) is 0 Å². The molecular formula is C21H26F3N3O3. The molecule has 0 saturated carbocycles. The standard InChI is InChI=1S/C21H26F3N3O3/c1-14(2)18(28)27-8-4-7-17(27)20(30)26-11-9-25(10-12-26)19(29)15-5-3-6-16(13-15)21(22,23)24/h3,5-6,13-14,17H,4,7-12H2,1-2H3. The normalized spacial score (nSPS) is 20.1. The van der Waals surface area contributed by atoms with Gasteiger partial charge in [-0.1, -0.05) is 19.9 Å². The largest absolute Gasteiger partial charge is 0.416 e. The minimum atomic E-state index is -4.51. The number of piperazine rings is 1. The third-order valence-electron chi connectivity index (χ3n) is 5.63. The van der Waals surface area contributed by atoms with Gasteiger partial charge in [0.15, 0.2) is 0 Å². The fraction of sp³-hybridized carbons (Fsp3) is 0.571. The summed E-state index contributed by atoms with van der Waals surface area (Å²) >= 11 is 0. The van der Waals surface area contributed by atoms with Gasteiger partial charge in [-0.2, -0.15) is 13.2 Å². The first-order chi connectivity index (χ1) is 14.1. The molecule has 0 bridgehead atoms. The molecule has 3 amide bonds. The molecule has 1 aromatic rings. The van der Waals surface area contributed by atoms with E-state index in [9.17, 15) is 27.6 Å². The van der Waals surface area contributed by atoms with E-state index in [1.165, 1.54) is 17.0 Å². The van der Waals surface area contributed by atoms with Crippen LogP contribution in [0.15, 0.2) is 24.3 Å². The second-order valence-corrected chi connectivity index (χ2v) is 8.04. The average molecular weight is 425 g/mol. The Kier molecular flexibility index (Phi) is 6.38. The summed E-state index contributed by atoms with van der Waals surface area (Å²) in [6, 6.07) is 3.90. The van der Waals surface area contributed by atoms with Crippen LogP contribution in [0.25, 0.3) is 0 Å². The Hall–Kier alpha value is -2.58. The van der Waals surface area contributed by atoms with Gasteiger partial charge in [0.2, 0.25) is 11.8 Å². The number of amides is 3. The molecule has 2 aliphatic rings. The highest BCUT2D eigenvalue weighted by atomic mass is 19.4. The Morgan fingerprint density at radius 2 is 1.63 bits per heavy atom. The fourth-order valence-corrected chi connectivity index (χ4v) is 3.97. The number of hydrogen-bond donors (Lipinski definition) is 0. The first-order valence-corrected chi connectivity index (χ1v) is 10.2. The zero-order chi connectivity index (χ0) is 22.1. The van der Waals surface area contributed by atoms with E-state index in [0.717, 1.165) is 18.6 Å². The zero-order valence-electron chi connectivity index (χ0n) is 17.1. The monoisotopic (exact) mass is 425 g/mol. The van der Waals surface area contributed by atoms with Crippen molar-refractivity contribution in [2.45, 2.75) is 38.9 Å². The molecule has 0 spiro atoms. The van der Waals surface area contributed by atoms with Gasteiger partial charge in [-0.05, 0) is 31.0 Å². The van der Waals surface area contributed by atoms with Crippen LogP contribution in [0.1, 0.15) is 42.6 Å². The highest BCUT2D eigenvalue weighted by Gasteiger charge is 2.38. The molecular weight excluding hydrogens is 399 g/mol. The Balaban J connectivity index is 1.61. The van der Waals surface area contributed by atoms with Crippen LogP contribution in [0.2, 0.25) is 0 Å². The maximum Gasteiger partial charge on any atom is 0.416 e. The number of likely N-dealkylation sites (tertiary alicyclic amines) is 1. The molecule has 0 N–H and O–H groups in total. The molecule has 9 heteroatoms. The van der Waals surface area contributed by atoms with E-state index < -0.39 is 23.7 Å². The fourth-order valence-electron chi connectivity index (χ4n) is 3.97. The van der Waals surface area contributed by atoms with Crippen molar-refractivity contribution in [3.8, 4) is 0 Å². The number of rotatable bonds is 3. The van der Waals surface area contributed by atoms with E-state index in [2.05, 4.69) is 0 Å². The Bertz CT molecular complexity index is 817. The first-order valence-electron chi connectivity index (χ1n) is 10.2. The second-order valence-electron chi connectivity index (χ2n) is 8.04. The van der Waals surface area contributed by atoms with Crippen LogP contribution in [0.4, 0.5) is 13.2 Å². The predicted molar refractivity (Wildman–Crippen MR) is 104 cm³/mol. The van der Waals surface area contributed by atoms with E-state index in [1.54, 1.807) is 23.6 Å². The molecule has 1 aromatic carbocycles. The highest BCUT2D eigenvalue weighted by molar-refractivity contribution is 5.95. The summed E-state index contributed by atoms with van der Waals surface area (Å²) in [6.45, 7) is 5.26. The van der Waals surface area contributed by atoms with Crippen LogP contribution in [-0.4, -0.2) is 71.2 Å². The van der Waals surface area contributed by atoms with E-state index in [4.69, 9.17) is 0 Å².